The number of fused-ring (bicyclic) bond motifs is 1. The third-order valence-corrected chi connectivity index (χ3v) is 4.01. The lowest BCUT2D eigenvalue weighted by Crippen LogP contribution is -2.01. The molecular weight excluding hydrogens is 352 g/mol. The molecular formula is C15H10BrClN4. The molecule has 0 saturated heterocycles. The smallest absolute Gasteiger partial charge is 0.164 e. The molecule has 3 aromatic rings. The van der Waals surface area contributed by atoms with Gasteiger partial charge in [-0.3, -0.25) is 4.57 Å². The number of aryl methyl sites for hydroxylation is 1. The van der Waals surface area contributed by atoms with E-state index in [2.05, 4.69) is 32.0 Å². The molecule has 0 fully saturated rings. The maximum Gasteiger partial charge on any atom is 0.164 e. The number of aromatic nitrogens is 3. The minimum atomic E-state index is 0.280. The summed E-state index contributed by atoms with van der Waals surface area (Å²) in [5.74, 6) is 0.997. The van der Waals surface area contributed by atoms with Crippen LogP contribution < -0.4 is 0 Å². The largest absolute Gasteiger partial charge is 0.279 e. The molecule has 0 saturated carbocycles. The molecule has 0 aliphatic carbocycles. The van der Waals surface area contributed by atoms with Crippen LogP contribution in [0.4, 0.5) is 0 Å². The van der Waals surface area contributed by atoms with Crippen LogP contribution in [0.1, 0.15) is 17.0 Å². The van der Waals surface area contributed by atoms with Gasteiger partial charge in [-0.05, 0) is 52.7 Å². The molecule has 0 N–H and O–H groups in total. The predicted molar refractivity (Wildman–Crippen MR) is 85.6 cm³/mol. The summed E-state index contributed by atoms with van der Waals surface area (Å²) in [6.45, 7) is 1.98. The van der Waals surface area contributed by atoms with Crippen molar-refractivity contribution in [3.63, 3.8) is 0 Å². The van der Waals surface area contributed by atoms with Crippen LogP contribution in [0, 0.1) is 18.3 Å². The second-order valence-corrected chi connectivity index (χ2v) is 5.75. The summed E-state index contributed by atoms with van der Waals surface area (Å²) >= 11 is 9.53. The average molecular weight is 362 g/mol. The molecule has 4 nitrogen and oxygen atoms in total. The number of halogens is 2. The molecule has 0 aliphatic rings. The fourth-order valence-corrected chi connectivity index (χ4v) is 2.95. The molecule has 6 heteroatoms. The van der Waals surface area contributed by atoms with E-state index in [1.807, 2.05) is 23.6 Å². The zero-order valence-corrected chi connectivity index (χ0v) is 13.5. The highest BCUT2D eigenvalue weighted by Gasteiger charge is 2.15. The van der Waals surface area contributed by atoms with E-state index in [9.17, 15) is 0 Å². The first-order valence-electron chi connectivity index (χ1n) is 6.24. The molecule has 0 radical (unpaired) electrons. The molecule has 0 unspecified atom stereocenters. The van der Waals surface area contributed by atoms with Gasteiger partial charge in [-0.2, -0.15) is 5.26 Å². The molecule has 1 aromatic carbocycles. The Kier molecular flexibility index (Phi) is 3.66. The van der Waals surface area contributed by atoms with Crippen LogP contribution in [-0.4, -0.2) is 14.5 Å². The second kappa shape index (κ2) is 5.47. The van der Waals surface area contributed by atoms with Crippen LogP contribution in [0.5, 0.6) is 0 Å². The SMILES string of the molecule is Cc1cnc2c(c1)nc(CCl)n2-c1ccc(C#N)cc1Br. The van der Waals surface area contributed by atoms with Crippen LogP contribution in [0.15, 0.2) is 34.9 Å². The van der Waals surface area contributed by atoms with Crippen molar-refractivity contribution in [2.24, 2.45) is 0 Å². The first-order chi connectivity index (χ1) is 10.1. The number of nitrogens with zero attached hydrogens (tertiary/aromatic N) is 4. The number of hydrogen-bond acceptors (Lipinski definition) is 3. The van der Waals surface area contributed by atoms with Crippen molar-refractivity contribution in [2.45, 2.75) is 12.8 Å². The fourth-order valence-electron chi connectivity index (χ4n) is 2.21. The highest BCUT2D eigenvalue weighted by atomic mass is 79.9. The van der Waals surface area contributed by atoms with Crippen molar-refractivity contribution in [2.75, 3.05) is 0 Å². The number of nitriles is 1. The molecule has 3 rings (SSSR count). The van der Waals surface area contributed by atoms with Crippen molar-refractivity contribution in [1.82, 2.24) is 14.5 Å². The third-order valence-electron chi connectivity index (χ3n) is 3.14. The van der Waals surface area contributed by atoms with Gasteiger partial charge in [0.1, 0.15) is 11.3 Å². The lowest BCUT2D eigenvalue weighted by Gasteiger charge is -2.09. The average Bonchev–Trinajstić information content (AvgIpc) is 2.84. The van der Waals surface area contributed by atoms with E-state index in [1.54, 1.807) is 18.3 Å². The first-order valence-corrected chi connectivity index (χ1v) is 7.56. The van der Waals surface area contributed by atoms with E-state index in [4.69, 9.17) is 16.9 Å². The topological polar surface area (TPSA) is 54.5 Å². The molecule has 2 heterocycles. The maximum atomic E-state index is 8.96. The molecule has 0 aliphatic heterocycles. The van der Waals surface area contributed by atoms with Crippen LogP contribution >= 0.6 is 27.5 Å². The Balaban J connectivity index is 2.31. The third kappa shape index (κ3) is 2.41. The van der Waals surface area contributed by atoms with Crippen molar-refractivity contribution < 1.29 is 0 Å². The summed E-state index contributed by atoms with van der Waals surface area (Å²) in [6.07, 6.45) is 1.80. The van der Waals surface area contributed by atoms with Crippen molar-refractivity contribution in [3.8, 4) is 11.8 Å². The summed E-state index contributed by atoms with van der Waals surface area (Å²) in [6, 6.07) is 9.49. The molecule has 0 atom stereocenters. The molecule has 0 bridgehead atoms. The maximum absolute atomic E-state index is 8.96. The lowest BCUT2D eigenvalue weighted by atomic mass is 10.2. The van der Waals surface area contributed by atoms with E-state index in [1.165, 1.54) is 0 Å². The Morgan fingerprint density at radius 3 is 2.86 bits per heavy atom. The number of hydrogen-bond donors (Lipinski definition) is 0. The number of imidazole rings is 1. The van der Waals surface area contributed by atoms with E-state index in [0.717, 1.165) is 32.7 Å². The Labute approximate surface area is 135 Å². The molecule has 2 aromatic heterocycles. The van der Waals surface area contributed by atoms with Gasteiger partial charge in [-0.25, -0.2) is 9.97 Å². The molecule has 104 valence electrons. The monoisotopic (exact) mass is 360 g/mol. The van der Waals surface area contributed by atoms with Gasteiger partial charge in [0.05, 0.1) is 23.2 Å². The summed E-state index contributed by atoms with van der Waals surface area (Å²) in [4.78, 5) is 9.00. The van der Waals surface area contributed by atoms with Crippen LogP contribution in [0.3, 0.4) is 0 Å². The van der Waals surface area contributed by atoms with E-state index < -0.39 is 0 Å². The zero-order valence-electron chi connectivity index (χ0n) is 11.1. The normalized spacial score (nSPS) is 10.8. The Morgan fingerprint density at radius 1 is 1.38 bits per heavy atom. The van der Waals surface area contributed by atoms with Crippen molar-refractivity contribution in [1.29, 1.82) is 5.26 Å². The standard InChI is InChI=1S/C15H10BrClN4/c1-9-4-12-15(19-8-9)21(14(6-17)20-12)13-3-2-10(7-18)5-11(13)16/h2-5,8H,6H2,1H3. The molecule has 0 amide bonds. The minimum Gasteiger partial charge on any atom is -0.279 e. The van der Waals surface area contributed by atoms with Gasteiger partial charge < -0.3 is 0 Å². The van der Waals surface area contributed by atoms with Gasteiger partial charge in [-0.15, -0.1) is 11.6 Å². The van der Waals surface area contributed by atoms with Gasteiger partial charge in [0, 0.05) is 10.7 Å². The minimum absolute atomic E-state index is 0.280. The highest BCUT2D eigenvalue weighted by Crippen LogP contribution is 2.28. The van der Waals surface area contributed by atoms with Gasteiger partial charge in [0.2, 0.25) is 0 Å². The van der Waals surface area contributed by atoms with Gasteiger partial charge in [0.15, 0.2) is 5.65 Å². The van der Waals surface area contributed by atoms with Gasteiger partial charge >= 0.3 is 0 Å². The van der Waals surface area contributed by atoms with E-state index >= 15 is 0 Å². The predicted octanol–water partition coefficient (Wildman–Crippen LogP) is 4.10. The van der Waals surface area contributed by atoms with Gasteiger partial charge in [0.25, 0.3) is 0 Å². The highest BCUT2D eigenvalue weighted by molar-refractivity contribution is 9.10. The number of alkyl halides is 1. The Bertz CT molecular complexity index is 879. The van der Waals surface area contributed by atoms with E-state index in [-0.39, 0.29) is 5.88 Å². The van der Waals surface area contributed by atoms with Crippen molar-refractivity contribution >= 4 is 38.7 Å². The summed E-state index contributed by atoms with van der Waals surface area (Å²) in [5.41, 5.74) is 4.06. The van der Waals surface area contributed by atoms with Crippen LogP contribution in [0.2, 0.25) is 0 Å². The van der Waals surface area contributed by atoms with E-state index in [0.29, 0.717) is 5.56 Å². The fraction of sp³-hybridized carbons (Fsp3) is 0.133. The summed E-state index contributed by atoms with van der Waals surface area (Å²) in [5, 5.41) is 8.96. The van der Waals surface area contributed by atoms with Crippen LogP contribution in [-0.2, 0) is 5.88 Å². The Hall–Kier alpha value is -1.90. The number of rotatable bonds is 2. The molecule has 21 heavy (non-hydrogen) atoms. The molecule has 0 spiro atoms. The first kappa shape index (κ1) is 14.1. The summed E-state index contributed by atoms with van der Waals surface area (Å²) in [7, 11) is 0. The van der Waals surface area contributed by atoms with Crippen LogP contribution in [0.25, 0.3) is 16.9 Å². The number of benzene rings is 1. The lowest BCUT2D eigenvalue weighted by molar-refractivity contribution is 0.964. The van der Waals surface area contributed by atoms with Crippen molar-refractivity contribution in [3.05, 3.63) is 51.9 Å². The zero-order chi connectivity index (χ0) is 15.0. The second-order valence-electron chi connectivity index (χ2n) is 4.63. The summed E-state index contributed by atoms with van der Waals surface area (Å²) < 4.78 is 2.71. The Morgan fingerprint density at radius 2 is 2.19 bits per heavy atom. The van der Waals surface area contributed by atoms with Gasteiger partial charge in [-0.1, -0.05) is 0 Å². The quantitative estimate of drug-likeness (QED) is 0.646. The number of pyridine rings is 1.